The molecule has 1 aromatic carbocycles. The van der Waals surface area contributed by atoms with E-state index in [4.69, 9.17) is 10.6 Å². The number of nitrogens with one attached hydrogen (secondary N) is 1. The number of hydrogen-bond donors (Lipinski definition) is 2. The van der Waals surface area contributed by atoms with E-state index in [0.717, 1.165) is 12.2 Å². The Balaban J connectivity index is 1.83. The van der Waals surface area contributed by atoms with E-state index >= 15 is 0 Å². The number of rotatable bonds is 3. The maximum absolute atomic E-state index is 5.86. The fourth-order valence-corrected chi connectivity index (χ4v) is 3.44. The van der Waals surface area contributed by atoms with Crippen molar-refractivity contribution in [2.24, 2.45) is 11.8 Å². The zero-order chi connectivity index (χ0) is 13.2. The van der Waals surface area contributed by atoms with Crippen molar-refractivity contribution in [2.75, 3.05) is 6.61 Å². The molecule has 0 saturated heterocycles. The van der Waals surface area contributed by atoms with E-state index in [-0.39, 0.29) is 6.04 Å². The minimum Gasteiger partial charge on any atom is -0.493 e. The lowest BCUT2D eigenvalue weighted by molar-refractivity contribution is 0.185. The zero-order valence-electron chi connectivity index (χ0n) is 10.9. The van der Waals surface area contributed by atoms with E-state index in [2.05, 4.69) is 35.9 Å². The van der Waals surface area contributed by atoms with Crippen LogP contribution >= 0.6 is 11.3 Å². The van der Waals surface area contributed by atoms with Crippen LogP contribution < -0.4 is 16.0 Å². The first-order valence-corrected chi connectivity index (χ1v) is 7.38. The van der Waals surface area contributed by atoms with Crippen LogP contribution in [-0.4, -0.2) is 6.61 Å². The third-order valence-corrected chi connectivity index (χ3v) is 4.55. The minimum atomic E-state index is 0.151. The smallest absolute Gasteiger partial charge is 0.122 e. The van der Waals surface area contributed by atoms with Crippen molar-refractivity contribution in [3.63, 3.8) is 0 Å². The second-order valence-corrected chi connectivity index (χ2v) is 6.13. The summed E-state index contributed by atoms with van der Waals surface area (Å²) in [5.74, 6) is 7.14. The lowest BCUT2D eigenvalue weighted by atomic mass is 9.88. The molecule has 0 amide bonds. The van der Waals surface area contributed by atoms with Gasteiger partial charge in [0, 0.05) is 10.8 Å². The van der Waals surface area contributed by atoms with Crippen LogP contribution in [0.15, 0.2) is 35.7 Å². The minimum absolute atomic E-state index is 0.151. The summed E-state index contributed by atoms with van der Waals surface area (Å²) in [6.07, 6.45) is 1.000. The van der Waals surface area contributed by atoms with Gasteiger partial charge in [-0.3, -0.25) is 11.3 Å². The average Bonchev–Trinajstić information content (AvgIpc) is 2.86. The van der Waals surface area contributed by atoms with Crippen LogP contribution in [0.25, 0.3) is 0 Å². The molecule has 0 fully saturated rings. The number of ether oxygens (including phenoxy) is 1. The number of para-hydroxylation sites is 1. The fourth-order valence-electron chi connectivity index (χ4n) is 2.70. The molecule has 100 valence electrons. The van der Waals surface area contributed by atoms with E-state index in [1.54, 1.807) is 11.3 Å². The number of thiophene rings is 1. The summed E-state index contributed by atoms with van der Waals surface area (Å²) >= 11 is 1.76. The van der Waals surface area contributed by atoms with E-state index in [0.29, 0.717) is 12.5 Å². The Morgan fingerprint density at radius 2 is 2.26 bits per heavy atom. The standard InChI is InChI=1S/C15H18N2OS/c1-10-6-13(9-19-10)15(17-16)12-7-11-4-2-3-5-14(11)18-8-12/h2-6,9,12,15,17H,7-8,16H2,1H3. The van der Waals surface area contributed by atoms with Crippen LogP contribution in [0.1, 0.15) is 22.0 Å². The third kappa shape index (κ3) is 2.52. The van der Waals surface area contributed by atoms with Crippen molar-refractivity contribution in [3.8, 4) is 5.75 Å². The Morgan fingerprint density at radius 1 is 1.42 bits per heavy atom. The first-order valence-electron chi connectivity index (χ1n) is 6.50. The van der Waals surface area contributed by atoms with Gasteiger partial charge in [-0.25, -0.2) is 0 Å². The number of hydrazine groups is 1. The lowest BCUT2D eigenvalue weighted by Crippen LogP contribution is -2.38. The molecule has 3 N–H and O–H groups in total. The SMILES string of the molecule is Cc1cc(C(NN)C2COc3ccccc3C2)cs1. The summed E-state index contributed by atoms with van der Waals surface area (Å²) in [4.78, 5) is 1.31. The molecule has 0 aliphatic carbocycles. The molecule has 0 saturated carbocycles. The Bertz CT molecular complexity index is 567. The van der Waals surface area contributed by atoms with E-state index in [1.807, 2.05) is 12.1 Å². The normalized spacial score (nSPS) is 19.6. The fraction of sp³-hybridized carbons (Fsp3) is 0.333. The number of hydrogen-bond acceptors (Lipinski definition) is 4. The highest BCUT2D eigenvalue weighted by Gasteiger charge is 2.28. The van der Waals surface area contributed by atoms with Crippen LogP contribution in [-0.2, 0) is 6.42 Å². The van der Waals surface area contributed by atoms with E-state index < -0.39 is 0 Å². The monoisotopic (exact) mass is 274 g/mol. The summed E-state index contributed by atoms with van der Waals surface area (Å²) in [6.45, 7) is 2.83. The highest BCUT2D eigenvalue weighted by atomic mass is 32.1. The second-order valence-electron chi connectivity index (χ2n) is 5.02. The van der Waals surface area contributed by atoms with Crippen LogP contribution in [0, 0.1) is 12.8 Å². The van der Waals surface area contributed by atoms with Gasteiger partial charge >= 0.3 is 0 Å². The summed E-state index contributed by atoms with van der Waals surface area (Å²) in [5, 5.41) is 2.18. The summed E-state index contributed by atoms with van der Waals surface area (Å²) in [6, 6.07) is 10.6. The molecule has 2 unspecified atom stereocenters. The van der Waals surface area contributed by atoms with Crippen molar-refractivity contribution >= 4 is 11.3 Å². The van der Waals surface area contributed by atoms with Crippen molar-refractivity contribution < 1.29 is 4.74 Å². The average molecular weight is 274 g/mol. The topological polar surface area (TPSA) is 47.3 Å². The predicted molar refractivity (Wildman–Crippen MR) is 78.3 cm³/mol. The van der Waals surface area contributed by atoms with Crippen molar-refractivity contribution in [1.82, 2.24) is 5.43 Å². The number of benzene rings is 1. The molecule has 3 nitrogen and oxygen atoms in total. The Morgan fingerprint density at radius 3 is 3.00 bits per heavy atom. The molecule has 0 spiro atoms. The zero-order valence-corrected chi connectivity index (χ0v) is 11.7. The van der Waals surface area contributed by atoms with Gasteiger partial charge in [0.1, 0.15) is 5.75 Å². The largest absolute Gasteiger partial charge is 0.493 e. The van der Waals surface area contributed by atoms with Gasteiger partial charge in [-0.1, -0.05) is 18.2 Å². The lowest BCUT2D eigenvalue weighted by Gasteiger charge is -2.31. The van der Waals surface area contributed by atoms with Crippen LogP contribution in [0.4, 0.5) is 0 Å². The molecular formula is C15H18N2OS. The summed E-state index contributed by atoms with van der Waals surface area (Å²) < 4.78 is 5.86. The van der Waals surface area contributed by atoms with E-state index in [9.17, 15) is 0 Å². The quantitative estimate of drug-likeness (QED) is 0.668. The van der Waals surface area contributed by atoms with Crippen molar-refractivity contribution in [1.29, 1.82) is 0 Å². The van der Waals surface area contributed by atoms with Gasteiger partial charge in [0.15, 0.2) is 0 Å². The maximum atomic E-state index is 5.86. The third-order valence-electron chi connectivity index (χ3n) is 3.67. The van der Waals surface area contributed by atoms with Crippen molar-refractivity contribution in [2.45, 2.75) is 19.4 Å². The summed E-state index contributed by atoms with van der Waals surface area (Å²) in [7, 11) is 0. The van der Waals surface area contributed by atoms with Crippen molar-refractivity contribution in [3.05, 3.63) is 51.7 Å². The number of nitrogens with two attached hydrogens (primary N) is 1. The number of fused-ring (bicyclic) bond motifs is 1. The first-order chi connectivity index (χ1) is 9.28. The molecule has 2 atom stereocenters. The molecule has 1 aliphatic rings. The van der Waals surface area contributed by atoms with Crippen LogP contribution in [0.5, 0.6) is 5.75 Å². The number of aryl methyl sites for hydroxylation is 1. The molecule has 1 aliphatic heterocycles. The molecule has 2 heterocycles. The highest BCUT2D eigenvalue weighted by Crippen LogP contribution is 2.34. The van der Waals surface area contributed by atoms with Crippen LogP contribution in [0.2, 0.25) is 0 Å². The highest BCUT2D eigenvalue weighted by molar-refractivity contribution is 7.10. The van der Waals surface area contributed by atoms with Gasteiger partial charge < -0.3 is 4.74 Å². The molecule has 3 rings (SSSR count). The molecule has 0 bridgehead atoms. The van der Waals surface area contributed by atoms with Gasteiger partial charge in [0.05, 0.1) is 12.6 Å². The maximum Gasteiger partial charge on any atom is 0.122 e. The molecular weight excluding hydrogens is 256 g/mol. The van der Waals surface area contributed by atoms with Gasteiger partial charge in [-0.05, 0) is 42.0 Å². The molecule has 4 heteroatoms. The van der Waals surface area contributed by atoms with E-state index in [1.165, 1.54) is 16.0 Å². The summed E-state index contributed by atoms with van der Waals surface area (Å²) in [5.41, 5.74) is 5.49. The second kappa shape index (κ2) is 5.33. The Hall–Kier alpha value is -1.36. The molecule has 0 radical (unpaired) electrons. The Kier molecular flexibility index (Phi) is 3.55. The van der Waals surface area contributed by atoms with Gasteiger partial charge in [0.25, 0.3) is 0 Å². The molecule has 19 heavy (non-hydrogen) atoms. The first kappa shape index (κ1) is 12.7. The van der Waals surface area contributed by atoms with Gasteiger partial charge in [0.2, 0.25) is 0 Å². The molecule has 1 aromatic heterocycles. The van der Waals surface area contributed by atoms with Gasteiger partial charge in [-0.2, -0.15) is 0 Å². The Labute approximate surface area is 117 Å². The molecule has 2 aromatic rings. The van der Waals surface area contributed by atoms with Crippen LogP contribution in [0.3, 0.4) is 0 Å². The predicted octanol–water partition coefficient (Wildman–Crippen LogP) is 2.81. The van der Waals surface area contributed by atoms with Gasteiger partial charge in [-0.15, -0.1) is 11.3 Å².